The van der Waals surface area contributed by atoms with E-state index in [1.165, 1.54) is 26.4 Å². The maximum Gasteiger partial charge on any atom is 0.322 e. The van der Waals surface area contributed by atoms with Gasteiger partial charge in [-0.25, -0.2) is 12.8 Å². The Hall–Kier alpha value is -2.19. The number of halogens is 1. The van der Waals surface area contributed by atoms with Gasteiger partial charge in [-0.2, -0.15) is 4.72 Å². The van der Waals surface area contributed by atoms with Gasteiger partial charge >= 0.3 is 5.97 Å². The first kappa shape index (κ1) is 17.2. The molecule has 0 spiro atoms. The fourth-order valence-electron chi connectivity index (χ4n) is 2.39. The van der Waals surface area contributed by atoms with Gasteiger partial charge in [-0.1, -0.05) is 0 Å². The Kier molecular flexibility index (Phi) is 4.86. The fraction of sp³-hybridized carbons (Fsp3) is 0.267. The van der Waals surface area contributed by atoms with Gasteiger partial charge in [0, 0.05) is 6.42 Å². The summed E-state index contributed by atoms with van der Waals surface area (Å²) >= 11 is 0. The summed E-state index contributed by atoms with van der Waals surface area (Å²) in [6.07, 6.45) is 2.65. The molecule has 0 aliphatic rings. The van der Waals surface area contributed by atoms with Crippen LogP contribution in [0.3, 0.4) is 0 Å². The van der Waals surface area contributed by atoms with Crippen molar-refractivity contribution in [3.8, 4) is 0 Å². The number of carbonyl (C=O) groups is 1. The van der Waals surface area contributed by atoms with Crippen LogP contribution in [0.4, 0.5) is 4.39 Å². The van der Waals surface area contributed by atoms with Crippen LogP contribution in [0.15, 0.2) is 40.0 Å². The molecule has 1 aromatic heterocycles. The highest BCUT2D eigenvalue weighted by molar-refractivity contribution is 7.89. The smallest absolute Gasteiger partial charge is 0.322 e. The fourth-order valence-corrected chi connectivity index (χ4v) is 4.03. The number of aliphatic carboxylic acids is 1. The predicted molar refractivity (Wildman–Crippen MR) is 80.0 cm³/mol. The number of benzene rings is 1. The number of furan rings is 1. The van der Waals surface area contributed by atoms with Gasteiger partial charge in [0.05, 0.1) is 17.4 Å². The summed E-state index contributed by atoms with van der Waals surface area (Å²) in [4.78, 5) is 11.2. The second-order valence-corrected chi connectivity index (χ2v) is 6.87. The highest BCUT2D eigenvalue weighted by Gasteiger charge is 2.28. The first-order valence-electron chi connectivity index (χ1n) is 6.73. The summed E-state index contributed by atoms with van der Waals surface area (Å²) < 4.78 is 45.3. The number of hydrogen-bond acceptors (Lipinski definition) is 4. The van der Waals surface area contributed by atoms with Crippen LogP contribution in [-0.2, 0) is 21.2 Å². The van der Waals surface area contributed by atoms with E-state index in [-0.39, 0.29) is 22.4 Å². The lowest BCUT2D eigenvalue weighted by Crippen LogP contribution is -2.42. The van der Waals surface area contributed by atoms with E-state index in [1.807, 2.05) is 0 Å². The minimum absolute atomic E-state index is 0.0651. The molecule has 0 amide bonds. The quantitative estimate of drug-likeness (QED) is 0.838. The maximum absolute atomic E-state index is 13.3. The third kappa shape index (κ3) is 3.96. The second kappa shape index (κ2) is 6.51. The number of hydrogen-bond donors (Lipinski definition) is 2. The summed E-state index contributed by atoms with van der Waals surface area (Å²) in [6, 6.07) is 2.38. The number of rotatable bonds is 6. The Labute approximate surface area is 133 Å². The Balaban J connectivity index is 2.33. The average Bonchev–Trinajstić information content (AvgIpc) is 2.88. The average molecular weight is 341 g/mol. The standard InChI is InChI=1S/C15H16FNO5S/c1-9-5-12(16)6-10(2)14(9)23(20,21)17-13(15(18)19)7-11-3-4-22-8-11/h3-6,8,13,17H,7H2,1-2H3,(H,18,19). The first-order chi connectivity index (χ1) is 10.7. The van der Waals surface area contributed by atoms with Crippen LogP contribution in [0.5, 0.6) is 0 Å². The Morgan fingerprint density at radius 2 is 1.96 bits per heavy atom. The van der Waals surface area contributed by atoms with Crippen molar-refractivity contribution in [2.45, 2.75) is 31.2 Å². The van der Waals surface area contributed by atoms with Crippen LogP contribution in [0.25, 0.3) is 0 Å². The van der Waals surface area contributed by atoms with Crippen LogP contribution in [0, 0.1) is 19.7 Å². The largest absolute Gasteiger partial charge is 0.480 e. The van der Waals surface area contributed by atoms with Crippen molar-refractivity contribution in [2.24, 2.45) is 0 Å². The number of nitrogens with one attached hydrogen (secondary N) is 1. The molecule has 1 heterocycles. The highest BCUT2D eigenvalue weighted by atomic mass is 32.2. The minimum Gasteiger partial charge on any atom is -0.480 e. The van der Waals surface area contributed by atoms with Crippen LogP contribution in [0.2, 0.25) is 0 Å². The van der Waals surface area contributed by atoms with Crippen LogP contribution < -0.4 is 4.72 Å². The lowest BCUT2D eigenvalue weighted by molar-refractivity contribution is -0.138. The van der Waals surface area contributed by atoms with Crippen molar-refractivity contribution in [3.05, 3.63) is 53.2 Å². The van der Waals surface area contributed by atoms with Crippen LogP contribution in [-0.4, -0.2) is 25.5 Å². The van der Waals surface area contributed by atoms with Gasteiger partial charge in [0.1, 0.15) is 11.9 Å². The molecule has 2 rings (SSSR count). The molecular formula is C15H16FNO5S. The second-order valence-electron chi connectivity index (χ2n) is 5.22. The molecule has 0 aliphatic carbocycles. The first-order valence-corrected chi connectivity index (χ1v) is 8.22. The zero-order valence-corrected chi connectivity index (χ0v) is 13.4. The molecule has 2 aromatic rings. The monoisotopic (exact) mass is 341 g/mol. The molecule has 23 heavy (non-hydrogen) atoms. The van der Waals surface area contributed by atoms with Crippen molar-refractivity contribution in [2.75, 3.05) is 0 Å². The van der Waals surface area contributed by atoms with Crippen molar-refractivity contribution in [1.82, 2.24) is 4.72 Å². The predicted octanol–water partition coefficient (Wildman–Crippen LogP) is 2.01. The van der Waals surface area contributed by atoms with E-state index in [4.69, 9.17) is 4.42 Å². The molecule has 0 bridgehead atoms. The molecule has 1 aromatic carbocycles. The summed E-state index contributed by atoms with van der Waals surface area (Å²) in [6.45, 7) is 2.91. The molecular weight excluding hydrogens is 325 g/mol. The molecule has 0 radical (unpaired) electrons. The number of aryl methyl sites for hydroxylation is 2. The maximum atomic E-state index is 13.3. The van der Waals surface area contributed by atoms with Gasteiger partial charge in [-0.3, -0.25) is 4.79 Å². The Morgan fingerprint density at radius 1 is 1.35 bits per heavy atom. The van der Waals surface area contributed by atoms with Gasteiger partial charge in [-0.05, 0) is 48.7 Å². The van der Waals surface area contributed by atoms with Gasteiger partial charge in [-0.15, -0.1) is 0 Å². The van der Waals surface area contributed by atoms with Crippen molar-refractivity contribution < 1.29 is 27.1 Å². The van der Waals surface area contributed by atoms with Gasteiger partial charge < -0.3 is 9.52 Å². The zero-order chi connectivity index (χ0) is 17.2. The lowest BCUT2D eigenvalue weighted by atomic mass is 10.1. The zero-order valence-electron chi connectivity index (χ0n) is 12.5. The molecule has 8 heteroatoms. The third-order valence-electron chi connectivity index (χ3n) is 3.31. The summed E-state index contributed by atoms with van der Waals surface area (Å²) in [5.74, 6) is -1.86. The lowest BCUT2D eigenvalue weighted by Gasteiger charge is -2.17. The molecule has 0 saturated carbocycles. The van der Waals surface area contributed by atoms with E-state index in [0.29, 0.717) is 5.56 Å². The number of carboxylic acid groups (broad SMARTS) is 1. The van der Waals surface area contributed by atoms with Crippen molar-refractivity contribution >= 4 is 16.0 Å². The van der Waals surface area contributed by atoms with Gasteiger partial charge in [0.15, 0.2) is 0 Å². The summed E-state index contributed by atoms with van der Waals surface area (Å²) in [5, 5.41) is 9.25. The topological polar surface area (TPSA) is 96.6 Å². The molecule has 1 atom stereocenters. The Morgan fingerprint density at radius 3 is 2.43 bits per heavy atom. The number of sulfonamides is 1. The van der Waals surface area contributed by atoms with Crippen molar-refractivity contribution in [1.29, 1.82) is 0 Å². The summed E-state index contributed by atoms with van der Waals surface area (Å²) in [7, 11) is -4.11. The molecule has 2 N–H and O–H groups in total. The van der Waals surface area contributed by atoms with Crippen LogP contribution in [0.1, 0.15) is 16.7 Å². The molecule has 124 valence electrons. The van der Waals surface area contributed by atoms with Crippen molar-refractivity contribution in [3.63, 3.8) is 0 Å². The SMILES string of the molecule is Cc1cc(F)cc(C)c1S(=O)(=O)NC(Cc1ccoc1)C(=O)O. The van der Waals surface area contributed by atoms with E-state index < -0.39 is 27.9 Å². The van der Waals surface area contributed by atoms with E-state index >= 15 is 0 Å². The van der Waals surface area contributed by atoms with E-state index in [2.05, 4.69) is 4.72 Å². The molecule has 0 aliphatic heterocycles. The number of carboxylic acids is 1. The molecule has 0 fully saturated rings. The third-order valence-corrected chi connectivity index (χ3v) is 5.09. The van der Waals surface area contributed by atoms with Gasteiger partial charge in [0.2, 0.25) is 10.0 Å². The molecule has 6 nitrogen and oxygen atoms in total. The highest BCUT2D eigenvalue weighted by Crippen LogP contribution is 2.22. The molecule has 1 unspecified atom stereocenters. The Bertz CT molecular complexity index is 791. The van der Waals surface area contributed by atoms with E-state index in [1.54, 1.807) is 6.07 Å². The van der Waals surface area contributed by atoms with Gasteiger partial charge in [0.25, 0.3) is 0 Å². The van der Waals surface area contributed by atoms with E-state index in [9.17, 15) is 22.7 Å². The normalized spacial score (nSPS) is 13.0. The summed E-state index contributed by atoms with van der Waals surface area (Å²) in [5.41, 5.74) is 0.970. The molecule has 0 saturated heterocycles. The van der Waals surface area contributed by atoms with Crippen LogP contribution >= 0.6 is 0 Å². The van der Waals surface area contributed by atoms with E-state index in [0.717, 1.165) is 12.1 Å². The minimum atomic E-state index is -4.11.